The predicted molar refractivity (Wildman–Crippen MR) is 116 cm³/mol. The number of benzene rings is 1. The van der Waals surface area contributed by atoms with E-state index in [1.807, 2.05) is 4.90 Å². The van der Waals surface area contributed by atoms with Crippen LogP contribution in [-0.4, -0.2) is 51.1 Å². The molecule has 0 radical (unpaired) electrons. The second-order valence-corrected chi connectivity index (χ2v) is 8.20. The molecular weight excluding hydrogens is 416 g/mol. The molecule has 2 aliphatic rings. The zero-order chi connectivity index (χ0) is 21.6. The highest BCUT2D eigenvalue weighted by atomic mass is 35.5. The first-order valence-corrected chi connectivity index (χ1v) is 10.7. The fourth-order valence-electron chi connectivity index (χ4n) is 4.55. The third kappa shape index (κ3) is 3.11. The van der Waals surface area contributed by atoms with Crippen molar-refractivity contribution in [2.45, 2.75) is 25.2 Å². The molecule has 0 saturated carbocycles. The highest BCUT2D eigenvalue weighted by molar-refractivity contribution is 6.33. The SMILES string of the molecule is CCOC(=O)c1cnn2c(Cl)c(C(=O)N3CCC4(C=Cc5ccccc54)CC3)cnc12. The monoisotopic (exact) mass is 436 g/mol. The summed E-state index contributed by atoms with van der Waals surface area (Å²) in [6.07, 6.45) is 8.94. The number of hydrogen-bond acceptors (Lipinski definition) is 5. The summed E-state index contributed by atoms with van der Waals surface area (Å²) in [5.41, 5.74) is 3.35. The Hall–Kier alpha value is -3.19. The molecule has 1 fully saturated rings. The lowest BCUT2D eigenvalue weighted by atomic mass is 9.74. The molecule has 7 nitrogen and oxygen atoms in total. The fraction of sp³-hybridized carbons (Fsp3) is 0.304. The molecule has 1 saturated heterocycles. The molecule has 1 aliphatic heterocycles. The molecule has 0 atom stereocenters. The number of ether oxygens (including phenoxy) is 1. The summed E-state index contributed by atoms with van der Waals surface area (Å²) in [6, 6.07) is 8.43. The quantitative estimate of drug-likeness (QED) is 0.461. The minimum atomic E-state index is -0.522. The summed E-state index contributed by atoms with van der Waals surface area (Å²) in [4.78, 5) is 31.4. The van der Waals surface area contributed by atoms with Crippen molar-refractivity contribution in [2.24, 2.45) is 0 Å². The molecule has 158 valence electrons. The van der Waals surface area contributed by atoms with Crippen LogP contribution in [-0.2, 0) is 10.2 Å². The van der Waals surface area contributed by atoms with Gasteiger partial charge in [-0.25, -0.2) is 14.3 Å². The van der Waals surface area contributed by atoms with E-state index in [1.54, 1.807) is 6.92 Å². The molecule has 1 amide bonds. The molecule has 0 N–H and O–H groups in total. The normalized spacial score (nSPS) is 16.6. The van der Waals surface area contributed by atoms with Crippen LogP contribution in [0.4, 0.5) is 0 Å². The number of fused-ring (bicyclic) bond motifs is 3. The van der Waals surface area contributed by atoms with E-state index in [1.165, 1.54) is 28.0 Å². The van der Waals surface area contributed by atoms with Gasteiger partial charge in [-0.3, -0.25) is 4.79 Å². The van der Waals surface area contributed by atoms with Crippen LogP contribution in [0.3, 0.4) is 0 Å². The number of hydrogen-bond donors (Lipinski definition) is 0. The minimum absolute atomic E-state index is 0.00407. The fourth-order valence-corrected chi connectivity index (χ4v) is 4.80. The maximum absolute atomic E-state index is 13.2. The number of carbonyl (C=O) groups excluding carboxylic acids is 2. The van der Waals surface area contributed by atoms with E-state index in [9.17, 15) is 9.59 Å². The second-order valence-electron chi connectivity index (χ2n) is 7.85. The Labute approximate surface area is 184 Å². The van der Waals surface area contributed by atoms with Crippen LogP contribution in [0.15, 0.2) is 42.7 Å². The zero-order valence-electron chi connectivity index (χ0n) is 17.0. The van der Waals surface area contributed by atoms with Gasteiger partial charge in [0.15, 0.2) is 5.65 Å². The summed E-state index contributed by atoms with van der Waals surface area (Å²) in [7, 11) is 0. The summed E-state index contributed by atoms with van der Waals surface area (Å²) in [6.45, 7) is 3.22. The van der Waals surface area contributed by atoms with Crippen molar-refractivity contribution < 1.29 is 14.3 Å². The standard InChI is InChI=1S/C23H21ClN4O3/c1-2-31-22(30)17-14-26-28-19(24)16(13-25-20(17)28)21(29)27-11-9-23(10-12-27)8-7-15-5-3-4-6-18(15)23/h3-8,13-14H,2,9-12H2,1H3. The van der Waals surface area contributed by atoms with Gasteiger partial charge >= 0.3 is 5.97 Å². The van der Waals surface area contributed by atoms with Crippen molar-refractivity contribution in [1.82, 2.24) is 19.5 Å². The molecule has 3 heterocycles. The van der Waals surface area contributed by atoms with Gasteiger partial charge in [0, 0.05) is 24.7 Å². The Morgan fingerprint density at radius 1 is 1.16 bits per heavy atom. The maximum atomic E-state index is 13.2. The van der Waals surface area contributed by atoms with Crippen molar-refractivity contribution in [3.8, 4) is 0 Å². The van der Waals surface area contributed by atoms with Gasteiger partial charge in [0.25, 0.3) is 5.91 Å². The predicted octanol–water partition coefficient (Wildman–Crippen LogP) is 3.76. The first-order valence-electron chi connectivity index (χ1n) is 10.3. The Morgan fingerprint density at radius 3 is 2.71 bits per heavy atom. The summed E-state index contributed by atoms with van der Waals surface area (Å²) in [5, 5.41) is 4.27. The van der Waals surface area contributed by atoms with Gasteiger partial charge in [0.1, 0.15) is 10.7 Å². The Bertz CT molecular complexity index is 1220. The average Bonchev–Trinajstić information content (AvgIpc) is 3.38. The lowest BCUT2D eigenvalue weighted by Crippen LogP contribution is -2.44. The highest BCUT2D eigenvalue weighted by Gasteiger charge is 2.39. The van der Waals surface area contributed by atoms with Crippen LogP contribution in [0.5, 0.6) is 0 Å². The van der Waals surface area contributed by atoms with Crippen LogP contribution >= 0.6 is 11.6 Å². The van der Waals surface area contributed by atoms with Crippen molar-refractivity contribution in [3.63, 3.8) is 0 Å². The highest BCUT2D eigenvalue weighted by Crippen LogP contribution is 2.43. The number of nitrogens with zero attached hydrogens (tertiary/aromatic N) is 4. The number of allylic oxidation sites excluding steroid dienone is 1. The number of esters is 1. The van der Waals surface area contributed by atoms with E-state index in [4.69, 9.17) is 16.3 Å². The Morgan fingerprint density at radius 2 is 1.94 bits per heavy atom. The minimum Gasteiger partial charge on any atom is -0.462 e. The van der Waals surface area contributed by atoms with Crippen LogP contribution < -0.4 is 0 Å². The smallest absolute Gasteiger partial charge is 0.343 e. The molecule has 8 heteroatoms. The molecule has 1 spiro atoms. The first-order chi connectivity index (χ1) is 15.0. The lowest BCUT2D eigenvalue weighted by molar-refractivity contribution is 0.0528. The summed E-state index contributed by atoms with van der Waals surface area (Å²) in [5.74, 6) is -0.705. The van der Waals surface area contributed by atoms with Crippen LogP contribution in [0.2, 0.25) is 5.15 Å². The van der Waals surface area contributed by atoms with Crippen molar-refractivity contribution in [3.05, 3.63) is 70.1 Å². The average molecular weight is 437 g/mol. The van der Waals surface area contributed by atoms with Gasteiger partial charge in [0.2, 0.25) is 0 Å². The Kier molecular flexibility index (Phi) is 4.78. The van der Waals surface area contributed by atoms with Gasteiger partial charge in [-0.1, -0.05) is 48.0 Å². The summed E-state index contributed by atoms with van der Waals surface area (Å²) < 4.78 is 6.33. The second kappa shape index (κ2) is 7.50. The number of carbonyl (C=O) groups is 2. The third-order valence-electron chi connectivity index (χ3n) is 6.22. The molecule has 2 aromatic heterocycles. The van der Waals surface area contributed by atoms with E-state index in [0.717, 1.165) is 12.8 Å². The van der Waals surface area contributed by atoms with Gasteiger partial charge < -0.3 is 9.64 Å². The van der Waals surface area contributed by atoms with Crippen molar-refractivity contribution in [2.75, 3.05) is 19.7 Å². The lowest BCUT2D eigenvalue weighted by Gasteiger charge is -2.39. The first kappa shape index (κ1) is 19.8. The van der Waals surface area contributed by atoms with E-state index in [0.29, 0.717) is 13.1 Å². The van der Waals surface area contributed by atoms with Crippen LogP contribution in [0.1, 0.15) is 51.6 Å². The van der Waals surface area contributed by atoms with E-state index >= 15 is 0 Å². The van der Waals surface area contributed by atoms with E-state index in [-0.39, 0.29) is 39.9 Å². The topological polar surface area (TPSA) is 76.8 Å². The molecule has 5 rings (SSSR count). The molecular formula is C23H21ClN4O3. The van der Waals surface area contributed by atoms with Gasteiger partial charge in [-0.2, -0.15) is 5.10 Å². The number of halogens is 1. The van der Waals surface area contributed by atoms with Gasteiger partial charge in [-0.05, 0) is 30.9 Å². The molecule has 3 aromatic rings. The van der Waals surface area contributed by atoms with Crippen molar-refractivity contribution in [1.29, 1.82) is 0 Å². The largest absolute Gasteiger partial charge is 0.462 e. The number of rotatable bonds is 3. The number of piperidine rings is 1. The zero-order valence-corrected chi connectivity index (χ0v) is 17.8. The van der Waals surface area contributed by atoms with Crippen LogP contribution in [0.25, 0.3) is 11.7 Å². The number of amides is 1. The van der Waals surface area contributed by atoms with Gasteiger partial charge in [-0.15, -0.1) is 0 Å². The molecule has 0 bridgehead atoms. The van der Waals surface area contributed by atoms with Crippen molar-refractivity contribution >= 4 is 35.2 Å². The maximum Gasteiger partial charge on any atom is 0.343 e. The number of likely N-dealkylation sites (tertiary alicyclic amines) is 1. The molecule has 0 unspecified atom stereocenters. The summed E-state index contributed by atoms with van der Waals surface area (Å²) >= 11 is 6.49. The molecule has 1 aliphatic carbocycles. The third-order valence-corrected chi connectivity index (χ3v) is 6.58. The molecule has 31 heavy (non-hydrogen) atoms. The molecule has 1 aromatic carbocycles. The van der Waals surface area contributed by atoms with E-state index < -0.39 is 5.97 Å². The number of aromatic nitrogens is 3. The Balaban J connectivity index is 1.37. The van der Waals surface area contributed by atoms with Gasteiger partial charge in [0.05, 0.1) is 18.4 Å². The van der Waals surface area contributed by atoms with Crippen LogP contribution in [0, 0.1) is 0 Å². The van der Waals surface area contributed by atoms with E-state index in [2.05, 4.69) is 46.5 Å².